The number of pyridine rings is 1. The summed E-state index contributed by atoms with van der Waals surface area (Å²) in [4.78, 5) is 9.80. The minimum absolute atomic E-state index is 0. The van der Waals surface area contributed by atoms with Gasteiger partial charge in [0.2, 0.25) is 0 Å². The van der Waals surface area contributed by atoms with E-state index in [1.807, 2.05) is 36.5 Å². The quantitative estimate of drug-likeness (QED) is 0.123. The number of hydrogen-bond donors (Lipinski definition) is 0. The summed E-state index contributed by atoms with van der Waals surface area (Å²) in [7, 11) is -1.23. The molecular formula is C54H51IrN3OSi-2. The molecule has 1 aliphatic carbocycles. The van der Waals surface area contributed by atoms with Crippen LogP contribution in [-0.2, 0) is 25.5 Å². The van der Waals surface area contributed by atoms with Crippen LogP contribution in [0.15, 0.2) is 138 Å². The minimum Gasteiger partial charge on any atom is -0.500 e. The average molecular weight is 978 g/mol. The number of fused-ring (bicyclic) bond motifs is 8. The van der Waals surface area contributed by atoms with Crippen molar-refractivity contribution in [3.05, 3.63) is 168 Å². The molecule has 1 aliphatic rings. The fraction of sp³-hybridized carbons (Fsp3) is 0.222. The first-order valence-electron chi connectivity index (χ1n) is 20.9. The van der Waals surface area contributed by atoms with Crippen molar-refractivity contribution < 1.29 is 24.5 Å². The number of nitrogens with zero attached hydrogens (tertiary/aromatic N) is 3. The molecule has 0 atom stereocenters. The molecule has 6 aromatic carbocycles. The van der Waals surface area contributed by atoms with E-state index in [1.54, 1.807) is 0 Å². The van der Waals surface area contributed by atoms with Crippen LogP contribution in [-0.4, -0.2) is 22.6 Å². The number of rotatable bonds is 6. The molecular weight excluding hydrogens is 927 g/mol. The molecule has 0 fully saturated rings. The van der Waals surface area contributed by atoms with Gasteiger partial charge >= 0.3 is 0 Å². The first kappa shape index (κ1) is 41.3. The smallest absolute Gasteiger partial charge is 0.125 e. The van der Waals surface area contributed by atoms with Crippen LogP contribution in [0, 0.1) is 12.1 Å². The molecule has 0 unspecified atom stereocenters. The van der Waals surface area contributed by atoms with Gasteiger partial charge in [0.05, 0.1) is 30.5 Å². The molecule has 0 N–H and O–H groups in total. The zero-order valence-corrected chi connectivity index (χ0v) is 39.3. The molecule has 0 aliphatic heterocycles. The van der Waals surface area contributed by atoms with Crippen LogP contribution in [0.4, 0.5) is 0 Å². The van der Waals surface area contributed by atoms with E-state index in [9.17, 15) is 0 Å². The van der Waals surface area contributed by atoms with E-state index in [-0.39, 0.29) is 25.5 Å². The summed E-state index contributed by atoms with van der Waals surface area (Å²) in [5.41, 5.74) is 15.6. The maximum Gasteiger partial charge on any atom is 0.125 e. The first-order valence-corrected chi connectivity index (χ1v) is 24.4. The van der Waals surface area contributed by atoms with Crippen LogP contribution in [0.5, 0.6) is 0 Å². The number of imidazole rings is 1. The standard InChI is InChI=1S/C40H35N2O.C14H16NSi.Ir/c1-23(2)25-14-11-15-26(24(3)4)36(25)42-34-20-10-9-19-33(34)41-39(42)31-17-12-16-29-30-22-21-28-27-13-7-8-18-32(27)40(5,6)35(28)38(30)43-37(29)31;1-16(2,3)13-9-10-14(15-11-13)12-7-5-4-6-8-12;/h7-16,18-24H,1-6H3;4-7,9-11H,1-3H3;/q2*-1;. The molecule has 303 valence electrons. The molecule has 0 amide bonds. The SMILES string of the molecule is CC(C)c1cccc(C(C)C)c1-n1c(-c2[c-]ccc3c2oc2c4c(ccc23)-c2ccccc2C4(C)C)nc2ccccc21.C[Si](C)(C)c1ccc(-c2[c-]cccc2)nc1.[Ir]. The number of para-hydroxylation sites is 3. The van der Waals surface area contributed by atoms with Gasteiger partial charge in [0.25, 0.3) is 0 Å². The van der Waals surface area contributed by atoms with Crippen LogP contribution in [0.2, 0.25) is 19.6 Å². The monoisotopic (exact) mass is 978 g/mol. The molecule has 0 spiro atoms. The Morgan fingerprint density at radius 3 is 2.05 bits per heavy atom. The third-order valence-corrected chi connectivity index (χ3v) is 14.1. The van der Waals surface area contributed by atoms with Gasteiger partial charge in [-0.05, 0) is 62.7 Å². The van der Waals surface area contributed by atoms with Gasteiger partial charge in [-0.2, -0.15) is 0 Å². The van der Waals surface area contributed by atoms with E-state index >= 15 is 0 Å². The van der Waals surface area contributed by atoms with E-state index in [0.717, 1.165) is 55.6 Å². The molecule has 0 saturated carbocycles. The number of benzene rings is 6. The van der Waals surface area contributed by atoms with Crippen LogP contribution < -0.4 is 5.19 Å². The van der Waals surface area contributed by atoms with Crippen molar-refractivity contribution in [1.82, 2.24) is 14.5 Å². The summed E-state index contributed by atoms with van der Waals surface area (Å²) < 4.78 is 9.37. The van der Waals surface area contributed by atoms with Crippen molar-refractivity contribution in [3.8, 4) is 39.5 Å². The second-order valence-corrected chi connectivity index (χ2v) is 23.1. The predicted octanol–water partition coefficient (Wildman–Crippen LogP) is 14.0. The Morgan fingerprint density at radius 1 is 0.667 bits per heavy atom. The van der Waals surface area contributed by atoms with Gasteiger partial charge in [-0.25, -0.2) is 0 Å². The van der Waals surface area contributed by atoms with E-state index < -0.39 is 8.07 Å². The van der Waals surface area contributed by atoms with Crippen molar-refractivity contribution in [1.29, 1.82) is 0 Å². The van der Waals surface area contributed by atoms with Gasteiger partial charge in [0, 0.05) is 48.4 Å². The normalized spacial score (nSPS) is 13.1. The van der Waals surface area contributed by atoms with Crippen molar-refractivity contribution in [2.75, 3.05) is 0 Å². The average Bonchev–Trinajstić information content (AvgIpc) is 3.88. The zero-order chi connectivity index (χ0) is 41.2. The van der Waals surface area contributed by atoms with Crippen LogP contribution in [0.25, 0.3) is 72.4 Å². The molecule has 9 aromatic rings. The Kier molecular flexibility index (Phi) is 11.0. The largest absolute Gasteiger partial charge is 0.500 e. The fourth-order valence-corrected chi connectivity index (χ4v) is 9.99. The summed E-state index contributed by atoms with van der Waals surface area (Å²) in [6, 6.07) is 51.6. The summed E-state index contributed by atoms with van der Waals surface area (Å²) in [6.07, 6.45) is 2.02. The molecule has 60 heavy (non-hydrogen) atoms. The number of aromatic nitrogens is 3. The summed E-state index contributed by atoms with van der Waals surface area (Å²) in [5.74, 6) is 1.56. The Labute approximate surface area is 369 Å². The van der Waals surface area contributed by atoms with Crippen molar-refractivity contribution in [2.24, 2.45) is 0 Å². The zero-order valence-electron chi connectivity index (χ0n) is 35.9. The van der Waals surface area contributed by atoms with Gasteiger partial charge in [-0.15, -0.1) is 54.1 Å². The Morgan fingerprint density at radius 2 is 1.37 bits per heavy atom. The van der Waals surface area contributed by atoms with E-state index in [4.69, 9.17) is 9.40 Å². The van der Waals surface area contributed by atoms with Crippen LogP contribution in [0.1, 0.15) is 75.6 Å². The minimum atomic E-state index is -1.23. The maximum atomic E-state index is 7.01. The van der Waals surface area contributed by atoms with Crippen molar-refractivity contribution in [3.63, 3.8) is 0 Å². The van der Waals surface area contributed by atoms with Crippen LogP contribution >= 0.6 is 0 Å². The third-order valence-electron chi connectivity index (χ3n) is 12.1. The van der Waals surface area contributed by atoms with E-state index in [0.29, 0.717) is 11.8 Å². The molecule has 1 radical (unpaired) electrons. The second-order valence-electron chi connectivity index (χ2n) is 18.0. The number of furan rings is 1. The van der Waals surface area contributed by atoms with Crippen LogP contribution in [0.3, 0.4) is 0 Å². The second kappa shape index (κ2) is 15.9. The van der Waals surface area contributed by atoms with E-state index in [2.05, 4.69) is 180 Å². The number of hydrogen-bond acceptors (Lipinski definition) is 3. The molecule has 6 heteroatoms. The molecule has 0 saturated heterocycles. The first-order chi connectivity index (χ1) is 28.3. The fourth-order valence-electron chi connectivity index (χ4n) is 8.95. The molecule has 10 rings (SSSR count). The maximum absolute atomic E-state index is 7.01. The predicted molar refractivity (Wildman–Crippen MR) is 250 cm³/mol. The molecule has 0 bridgehead atoms. The summed E-state index contributed by atoms with van der Waals surface area (Å²) in [6.45, 7) is 20.7. The molecule has 3 heterocycles. The third kappa shape index (κ3) is 6.99. The Hall–Kier alpha value is -5.39. The summed E-state index contributed by atoms with van der Waals surface area (Å²) >= 11 is 0. The van der Waals surface area contributed by atoms with Gasteiger partial charge < -0.3 is 14.0 Å². The Balaban J connectivity index is 0.000000248. The van der Waals surface area contributed by atoms with E-state index in [1.165, 1.54) is 44.3 Å². The molecule has 4 nitrogen and oxygen atoms in total. The summed E-state index contributed by atoms with van der Waals surface area (Å²) in [5, 5.41) is 3.63. The van der Waals surface area contributed by atoms with Gasteiger partial charge in [-0.1, -0.05) is 151 Å². The van der Waals surface area contributed by atoms with Crippen molar-refractivity contribution >= 4 is 46.2 Å². The topological polar surface area (TPSA) is 43.9 Å². The van der Waals surface area contributed by atoms with Gasteiger partial charge in [0.1, 0.15) is 5.58 Å². The van der Waals surface area contributed by atoms with Crippen molar-refractivity contribution in [2.45, 2.75) is 78.4 Å². The van der Waals surface area contributed by atoms with Gasteiger partial charge in [0.15, 0.2) is 0 Å². The van der Waals surface area contributed by atoms with Gasteiger partial charge in [-0.3, -0.25) is 4.98 Å². The molecule has 3 aromatic heterocycles. The Bertz CT molecular complexity index is 2980.